The van der Waals surface area contributed by atoms with Gasteiger partial charge in [-0.2, -0.15) is 0 Å². The second-order valence-corrected chi connectivity index (χ2v) is 7.56. The number of hydrogen-bond acceptors (Lipinski definition) is 4. The van der Waals surface area contributed by atoms with Crippen molar-refractivity contribution in [2.75, 3.05) is 5.32 Å². The largest absolute Gasteiger partial charge is 0.444 e. The molecule has 0 fully saturated rings. The molecule has 1 aromatic heterocycles. The maximum atomic E-state index is 12.7. The van der Waals surface area contributed by atoms with Crippen molar-refractivity contribution in [1.82, 2.24) is 4.98 Å². The van der Waals surface area contributed by atoms with E-state index >= 15 is 0 Å². The maximum absolute atomic E-state index is 12.7. The minimum atomic E-state index is -0.597. The summed E-state index contributed by atoms with van der Waals surface area (Å²) in [5.74, 6) is 0.279. The van der Waals surface area contributed by atoms with Crippen LogP contribution in [0.1, 0.15) is 47.1 Å². The van der Waals surface area contributed by atoms with Gasteiger partial charge in [-0.1, -0.05) is 40.2 Å². The molecule has 0 saturated heterocycles. The Bertz CT molecular complexity index is 788. The summed E-state index contributed by atoms with van der Waals surface area (Å²) >= 11 is 3.45. The van der Waals surface area contributed by atoms with Crippen LogP contribution >= 0.6 is 32.9 Å². The number of benzene rings is 1. The lowest BCUT2D eigenvalue weighted by atomic mass is 9.99. The fourth-order valence-corrected chi connectivity index (χ4v) is 2.75. The highest BCUT2D eigenvalue weighted by Crippen LogP contribution is 2.29. The van der Waals surface area contributed by atoms with Gasteiger partial charge in [-0.25, -0.2) is 9.78 Å². The molecular formula is C19H22Br2N2O3. The van der Waals surface area contributed by atoms with E-state index in [4.69, 9.17) is 4.74 Å². The van der Waals surface area contributed by atoms with Gasteiger partial charge in [-0.05, 0) is 51.0 Å². The molecule has 2 aromatic rings. The third-order valence-corrected chi connectivity index (χ3v) is 4.29. The van der Waals surface area contributed by atoms with Gasteiger partial charge in [0.15, 0.2) is 5.78 Å². The number of carbonyl (C=O) groups excluding carboxylic acids is 2. The molecule has 0 spiro atoms. The maximum Gasteiger partial charge on any atom is 0.413 e. The molecule has 1 atom stereocenters. The first kappa shape index (κ1) is 22.3. The third kappa shape index (κ3) is 6.21. The number of ketones is 1. The first-order chi connectivity index (χ1) is 11.7. The van der Waals surface area contributed by atoms with Crippen molar-refractivity contribution in [3.8, 4) is 0 Å². The first-order valence-electron chi connectivity index (χ1n) is 7.87. The summed E-state index contributed by atoms with van der Waals surface area (Å²) in [4.78, 5) is 28.1. The minimum absolute atomic E-state index is 0. The summed E-state index contributed by atoms with van der Waals surface area (Å²) in [6.45, 7) is 7.25. The number of ether oxygens (including phenoxy) is 1. The number of halogens is 2. The lowest BCUT2D eigenvalue weighted by Crippen LogP contribution is -2.27. The average Bonchev–Trinajstić information content (AvgIpc) is 2.52. The number of nitrogens with one attached hydrogen (secondary N) is 1. The highest BCUT2D eigenvalue weighted by molar-refractivity contribution is 9.09. The van der Waals surface area contributed by atoms with Gasteiger partial charge in [-0.3, -0.25) is 10.1 Å². The van der Waals surface area contributed by atoms with Crippen LogP contribution in [0.4, 0.5) is 10.6 Å². The molecular weight excluding hydrogens is 464 g/mol. The number of alkyl halides is 1. The molecule has 0 aliphatic rings. The Morgan fingerprint density at radius 3 is 2.46 bits per heavy atom. The van der Waals surface area contributed by atoms with Crippen molar-refractivity contribution in [3.05, 3.63) is 59.3 Å². The zero-order valence-electron chi connectivity index (χ0n) is 15.1. The molecule has 0 radical (unpaired) electrons. The normalized spacial score (nSPS) is 11.9. The van der Waals surface area contributed by atoms with Crippen LogP contribution < -0.4 is 5.32 Å². The van der Waals surface area contributed by atoms with E-state index in [1.807, 2.05) is 25.1 Å². The summed E-state index contributed by atoms with van der Waals surface area (Å²) in [5, 5.41) is 2.58. The molecule has 7 heteroatoms. The number of nitrogens with zero attached hydrogens (tertiary/aromatic N) is 1. The van der Waals surface area contributed by atoms with Gasteiger partial charge >= 0.3 is 6.09 Å². The minimum Gasteiger partial charge on any atom is -0.444 e. The lowest BCUT2D eigenvalue weighted by Gasteiger charge is -2.19. The topological polar surface area (TPSA) is 68.3 Å². The standard InChI is InChI=1S/C19H21BrN2O3.BrH/c1-12-7-5-6-8-14(12)17(23)16(20)13-9-10-21-15(11-13)22-18(24)25-19(2,3)4;/h5-11,16H,1-4H3,(H,21,22,24);1H. The Hall–Kier alpha value is -1.73. The van der Waals surface area contributed by atoms with Crippen LogP contribution in [0, 0.1) is 6.92 Å². The number of amides is 1. The van der Waals surface area contributed by atoms with Crippen LogP contribution in [0.5, 0.6) is 0 Å². The summed E-state index contributed by atoms with van der Waals surface area (Å²) in [7, 11) is 0. The number of hydrogen-bond donors (Lipinski definition) is 1. The Kier molecular flexibility index (Phi) is 7.96. The summed E-state index contributed by atoms with van der Waals surface area (Å²) in [6, 6.07) is 10.8. The number of anilines is 1. The van der Waals surface area contributed by atoms with Gasteiger partial charge in [0.1, 0.15) is 16.2 Å². The van der Waals surface area contributed by atoms with Crippen molar-refractivity contribution in [2.24, 2.45) is 0 Å². The summed E-state index contributed by atoms with van der Waals surface area (Å²) < 4.78 is 5.21. The number of aromatic nitrogens is 1. The van der Waals surface area contributed by atoms with Crippen LogP contribution in [-0.4, -0.2) is 22.5 Å². The Labute approximate surface area is 172 Å². The Balaban J connectivity index is 0.00000338. The number of pyridine rings is 1. The fourth-order valence-electron chi connectivity index (χ4n) is 2.22. The third-order valence-electron chi connectivity index (χ3n) is 3.35. The van der Waals surface area contributed by atoms with E-state index in [1.54, 1.807) is 45.2 Å². The molecule has 5 nitrogen and oxygen atoms in total. The van der Waals surface area contributed by atoms with Crippen molar-refractivity contribution in [2.45, 2.75) is 38.1 Å². The molecule has 1 amide bonds. The van der Waals surface area contributed by atoms with Gasteiger partial charge in [0.05, 0.1) is 0 Å². The van der Waals surface area contributed by atoms with E-state index in [0.29, 0.717) is 16.9 Å². The van der Waals surface area contributed by atoms with E-state index in [2.05, 4.69) is 26.2 Å². The van der Waals surface area contributed by atoms with E-state index in [1.165, 1.54) is 0 Å². The van der Waals surface area contributed by atoms with Crippen LogP contribution in [0.15, 0.2) is 42.6 Å². The highest BCUT2D eigenvalue weighted by Gasteiger charge is 2.22. The van der Waals surface area contributed by atoms with Gasteiger partial charge in [-0.15, -0.1) is 17.0 Å². The SMILES string of the molecule is Br.Cc1ccccc1C(=O)C(Br)c1ccnc(NC(=O)OC(C)(C)C)c1. The van der Waals surface area contributed by atoms with Crippen LogP contribution in [-0.2, 0) is 4.74 Å². The molecule has 0 aliphatic carbocycles. The van der Waals surface area contributed by atoms with Crippen LogP contribution in [0.3, 0.4) is 0 Å². The fraction of sp³-hybridized carbons (Fsp3) is 0.316. The molecule has 1 N–H and O–H groups in total. The van der Waals surface area contributed by atoms with Crippen molar-refractivity contribution < 1.29 is 14.3 Å². The number of aryl methyl sites for hydroxylation is 1. The lowest BCUT2D eigenvalue weighted by molar-refractivity contribution is 0.0635. The monoisotopic (exact) mass is 484 g/mol. The van der Waals surface area contributed by atoms with Gasteiger partial charge in [0, 0.05) is 11.8 Å². The van der Waals surface area contributed by atoms with Crippen molar-refractivity contribution in [1.29, 1.82) is 0 Å². The molecule has 0 saturated carbocycles. The molecule has 2 rings (SSSR count). The zero-order valence-corrected chi connectivity index (χ0v) is 18.4. The van der Waals surface area contributed by atoms with E-state index in [-0.39, 0.29) is 22.8 Å². The summed E-state index contributed by atoms with van der Waals surface area (Å²) in [6.07, 6.45) is 0.954. The smallest absolute Gasteiger partial charge is 0.413 e. The zero-order chi connectivity index (χ0) is 18.6. The van der Waals surface area contributed by atoms with E-state index in [0.717, 1.165) is 5.56 Å². The predicted molar refractivity (Wildman–Crippen MR) is 112 cm³/mol. The quantitative estimate of drug-likeness (QED) is 0.449. The predicted octanol–water partition coefficient (Wildman–Crippen LogP) is 5.63. The van der Waals surface area contributed by atoms with Crippen molar-refractivity contribution in [3.63, 3.8) is 0 Å². The van der Waals surface area contributed by atoms with Gasteiger partial charge in [0.25, 0.3) is 0 Å². The average molecular weight is 486 g/mol. The summed E-state index contributed by atoms with van der Waals surface area (Å²) in [5.41, 5.74) is 1.68. The number of Topliss-reactive ketones (excluding diaryl/α,β-unsaturated/α-hetero) is 1. The molecule has 0 aliphatic heterocycles. The molecule has 0 bridgehead atoms. The van der Waals surface area contributed by atoms with Crippen LogP contribution in [0.2, 0.25) is 0 Å². The molecule has 26 heavy (non-hydrogen) atoms. The van der Waals surface area contributed by atoms with Gasteiger partial charge in [0.2, 0.25) is 0 Å². The Morgan fingerprint density at radius 1 is 1.19 bits per heavy atom. The second-order valence-electron chi connectivity index (χ2n) is 6.64. The highest BCUT2D eigenvalue weighted by atomic mass is 79.9. The number of rotatable bonds is 4. The van der Waals surface area contributed by atoms with E-state index in [9.17, 15) is 9.59 Å². The first-order valence-corrected chi connectivity index (χ1v) is 8.79. The van der Waals surface area contributed by atoms with Crippen molar-refractivity contribution >= 4 is 50.6 Å². The van der Waals surface area contributed by atoms with Crippen LogP contribution in [0.25, 0.3) is 0 Å². The second kappa shape index (κ2) is 9.28. The molecule has 140 valence electrons. The van der Waals surface area contributed by atoms with E-state index < -0.39 is 16.5 Å². The van der Waals surface area contributed by atoms with Gasteiger partial charge < -0.3 is 4.74 Å². The number of carbonyl (C=O) groups is 2. The molecule has 1 unspecified atom stereocenters. The molecule has 1 aromatic carbocycles. The molecule has 1 heterocycles. The Morgan fingerprint density at radius 2 is 1.85 bits per heavy atom.